The third-order valence-corrected chi connectivity index (χ3v) is 6.49. The fourth-order valence-corrected chi connectivity index (χ4v) is 4.26. The highest BCUT2D eigenvalue weighted by molar-refractivity contribution is 8.22. The van der Waals surface area contributed by atoms with Crippen molar-refractivity contribution in [3.05, 3.63) is 59.7 Å². The van der Waals surface area contributed by atoms with E-state index in [1.165, 1.54) is 11.8 Å². The van der Waals surface area contributed by atoms with E-state index in [1.807, 2.05) is 26.0 Å². The molecule has 1 atom stereocenters. The highest BCUT2D eigenvalue weighted by Gasteiger charge is 2.36. The molecule has 2 rings (SSSR count). The van der Waals surface area contributed by atoms with Crippen molar-refractivity contribution in [3.8, 4) is 0 Å². The number of thiocarbonyl (C=S) groups is 1. The minimum absolute atomic E-state index is 0.291. The maximum Gasteiger partial charge on any atom is 0.335 e. The Labute approximate surface area is 186 Å². The third-order valence-electron chi connectivity index (χ3n) is 4.40. The van der Waals surface area contributed by atoms with Crippen molar-refractivity contribution in [1.29, 1.82) is 0 Å². The van der Waals surface area contributed by atoms with Crippen LogP contribution in [-0.2, 0) is 10.7 Å². The van der Waals surface area contributed by atoms with Crippen LogP contribution in [0.4, 0.5) is 0 Å². The van der Waals surface area contributed by atoms with Gasteiger partial charge >= 0.3 is 11.9 Å². The van der Waals surface area contributed by atoms with Crippen LogP contribution in [0.1, 0.15) is 36.2 Å². The minimum atomic E-state index is -0.911. The Hall–Kier alpha value is -1.83. The highest BCUT2D eigenvalue weighted by Crippen LogP contribution is 2.33. The lowest BCUT2D eigenvalue weighted by Crippen LogP contribution is -2.34. The molecule has 2 N–H and O–H groups in total. The molecule has 1 unspecified atom stereocenters. The molecule has 0 aromatic heterocycles. The first-order valence-corrected chi connectivity index (χ1v) is 11.1. The number of carboxylic acids is 2. The van der Waals surface area contributed by atoms with Gasteiger partial charge in [0.05, 0.1) is 11.0 Å². The molecule has 0 fully saturated rings. The molecule has 1 aromatic carbocycles. The van der Waals surface area contributed by atoms with Gasteiger partial charge in [-0.05, 0) is 38.0 Å². The summed E-state index contributed by atoms with van der Waals surface area (Å²) in [6.45, 7) is 5.81. The van der Waals surface area contributed by atoms with Crippen LogP contribution < -0.4 is 0 Å². The monoisotopic (exact) mass is 455 g/mol. The van der Waals surface area contributed by atoms with Crippen molar-refractivity contribution in [2.45, 2.75) is 26.1 Å². The lowest BCUT2D eigenvalue weighted by molar-refractivity contribution is -0.144. The summed E-state index contributed by atoms with van der Waals surface area (Å²) in [4.78, 5) is 23.9. The topological polar surface area (TPSA) is 77.8 Å². The fraction of sp³-hybridized carbons (Fsp3) is 0.381. The minimum Gasteiger partial charge on any atom is -0.481 e. The Balaban J connectivity index is 0.000000326. The van der Waals surface area contributed by atoms with Gasteiger partial charge in [-0.3, -0.25) is 4.79 Å². The number of carboxylic acid groups (broad SMARTS) is 2. The molecule has 0 saturated carbocycles. The summed E-state index contributed by atoms with van der Waals surface area (Å²) in [7, 11) is 0. The van der Waals surface area contributed by atoms with Gasteiger partial charge in [-0.25, -0.2) is 4.79 Å². The third kappa shape index (κ3) is 7.84. The van der Waals surface area contributed by atoms with E-state index < -0.39 is 17.4 Å². The predicted molar refractivity (Wildman–Crippen MR) is 124 cm³/mol. The van der Waals surface area contributed by atoms with Gasteiger partial charge in [0.25, 0.3) is 0 Å². The number of carbonyl (C=O) groups is 2. The first kappa shape index (κ1) is 25.2. The molecule has 8 heteroatoms. The van der Waals surface area contributed by atoms with Gasteiger partial charge in [0, 0.05) is 24.7 Å². The summed E-state index contributed by atoms with van der Waals surface area (Å²) >= 11 is 12.3. The second-order valence-corrected chi connectivity index (χ2v) is 8.19. The van der Waals surface area contributed by atoms with Gasteiger partial charge in [-0.2, -0.15) is 0 Å². The smallest absolute Gasteiger partial charge is 0.335 e. The zero-order chi connectivity index (χ0) is 21.9. The van der Waals surface area contributed by atoms with E-state index in [1.54, 1.807) is 36.4 Å². The summed E-state index contributed by atoms with van der Waals surface area (Å²) in [6, 6.07) is 6.49. The van der Waals surface area contributed by atoms with Gasteiger partial charge in [-0.15, -0.1) is 11.6 Å². The molecule has 0 amide bonds. The molecule has 0 saturated heterocycles. The largest absolute Gasteiger partial charge is 0.481 e. The van der Waals surface area contributed by atoms with Crippen LogP contribution in [0.25, 0.3) is 0 Å². The number of hydrogen-bond acceptors (Lipinski definition) is 4. The average molecular weight is 456 g/mol. The molecule has 158 valence electrons. The first-order chi connectivity index (χ1) is 13.8. The van der Waals surface area contributed by atoms with E-state index in [0.29, 0.717) is 23.6 Å². The van der Waals surface area contributed by atoms with Crippen molar-refractivity contribution in [3.63, 3.8) is 0 Å². The van der Waals surface area contributed by atoms with Crippen LogP contribution in [0.2, 0.25) is 0 Å². The van der Waals surface area contributed by atoms with Crippen LogP contribution >= 0.6 is 35.6 Å². The second-order valence-electron chi connectivity index (χ2n) is 6.32. The molecule has 1 aliphatic rings. The van der Waals surface area contributed by atoms with Crippen LogP contribution in [0, 0.1) is 5.41 Å². The Morgan fingerprint density at radius 3 is 2.21 bits per heavy atom. The number of nitrogens with zero attached hydrogens (tertiary/aromatic N) is 1. The van der Waals surface area contributed by atoms with E-state index in [4.69, 9.17) is 28.9 Å². The highest BCUT2D eigenvalue weighted by atomic mass is 35.5. The number of thioether (sulfide) groups is 1. The molecule has 0 spiro atoms. The number of allylic oxidation sites excluding steroid dienone is 3. The average Bonchev–Trinajstić information content (AvgIpc) is 2.74. The van der Waals surface area contributed by atoms with E-state index in [-0.39, 0.29) is 0 Å². The van der Waals surface area contributed by atoms with E-state index in [0.717, 1.165) is 23.0 Å². The van der Waals surface area contributed by atoms with Crippen molar-refractivity contribution in [2.75, 3.05) is 18.8 Å². The molecule has 0 radical (unpaired) electrons. The zero-order valence-electron chi connectivity index (χ0n) is 16.5. The van der Waals surface area contributed by atoms with Crippen molar-refractivity contribution in [1.82, 2.24) is 4.90 Å². The van der Waals surface area contributed by atoms with Crippen molar-refractivity contribution >= 4 is 51.8 Å². The Kier molecular flexibility index (Phi) is 11.0. The Bertz CT molecular complexity index is 760. The number of rotatable bonds is 7. The zero-order valence-corrected chi connectivity index (χ0v) is 18.9. The van der Waals surface area contributed by atoms with E-state index in [9.17, 15) is 14.7 Å². The van der Waals surface area contributed by atoms with Crippen LogP contribution in [-0.4, -0.2) is 50.2 Å². The molecule has 0 heterocycles. The SMILES string of the molecule is CCN(CC)C(=S)SCC1(C(=O)O)C=CC=CC1.O=C(O)c1ccc(CCl)cc1. The lowest BCUT2D eigenvalue weighted by atomic mass is 9.84. The van der Waals surface area contributed by atoms with Crippen LogP contribution in [0.3, 0.4) is 0 Å². The molecule has 0 aliphatic heterocycles. The predicted octanol–water partition coefficient (Wildman–Crippen LogP) is 5.06. The fourth-order valence-electron chi connectivity index (χ4n) is 2.49. The molecular weight excluding hydrogens is 430 g/mol. The van der Waals surface area contributed by atoms with Crippen LogP contribution in [0.5, 0.6) is 0 Å². The number of benzene rings is 1. The van der Waals surface area contributed by atoms with Gasteiger partial charge in [0.15, 0.2) is 0 Å². The standard InChI is InChI=1S/C13H19NO2S2.C8H7ClO2/c1-3-14(4-2)12(17)18-10-13(11(15)16)8-6-5-7-9-13;9-5-6-1-3-7(4-2-6)8(10)11/h5-8H,3-4,9-10H2,1-2H3,(H,15,16);1-4H,5H2,(H,10,11). The van der Waals surface area contributed by atoms with Gasteiger partial charge < -0.3 is 15.1 Å². The lowest BCUT2D eigenvalue weighted by Gasteiger charge is -2.28. The Morgan fingerprint density at radius 1 is 1.17 bits per heavy atom. The summed E-state index contributed by atoms with van der Waals surface area (Å²) in [5.74, 6) is -0.789. The van der Waals surface area contributed by atoms with E-state index in [2.05, 4.69) is 4.90 Å². The van der Waals surface area contributed by atoms with E-state index >= 15 is 0 Å². The van der Waals surface area contributed by atoms with Crippen molar-refractivity contribution in [2.24, 2.45) is 5.41 Å². The van der Waals surface area contributed by atoms with Crippen LogP contribution in [0.15, 0.2) is 48.6 Å². The van der Waals surface area contributed by atoms with Gasteiger partial charge in [-0.1, -0.05) is 60.4 Å². The normalized spacial score (nSPS) is 17.2. The summed E-state index contributed by atoms with van der Waals surface area (Å²) in [6.07, 6.45) is 7.89. The summed E-state index contributed by atoms with van der Waals surface area (Å²) < 4.78 is 0.781. The molecule has 0 bridgehead atoms. The summed E-state index contributed by atoms with van der Waals surface area (Å²) in [5, 5.41) is 17.9. The molecule has 1 aromatic rings. The number of hydrogen-bond donors (Lipinski definition) is 2. The second kappa shape index (κ2) is 12.7. The number of aromatic carboxylic acids is 1. The molecule has 5 nitrogen and oxygen atoms in total. The van der Waals surface area contributed by atoms with Gasteiger partial charge in [0.2, 0.25) is 0 Å². The Morgan fingerprint density at radius 2 is 1.79 bits per heavy atom. The quantitative estimate of drug-likeness (QED) is 0.439. The van der Waals surface area contributed by atoms with Gasteiger partial charge in [0.1, 0.15) is 4.32 Å². The molecule has 1 aliphatic carbocycles. The maximum atomic E-state index is 11.4. The number of alkyl halides is 1. The molecule has 29 heavy (non-hydrogen) atoms. The number of halogens is 1. The summed E-state index contributed by atoms with van der Waals surface area (Å²) in [5.41, 5.74) is 0.409. The maximum absolute atomic E-state index is 11.4. The number of aliphatic carboxylic acids is 1. The van der Waals surface area contributed by atoms with Crippen molar-refractivity contribution < 1.29 is 19.8 Å². The molecular formula is C21H26ClNO4S2. The first-order valence-electron chi connectivity index (χ1n) is 9.17.